The molecule has 2 heterocycles. The predicted molar refractivity (Wildman–Crippen MR) is 102 cm³/mol. The third-order valence-corrected chi connectivity index (χ3v) is 4.05. The Morgan fingerprint density at radius 3 is 2.67 bits per heavy atom. The van der Waals surface area contributed by atoms with Crippen LogP contribution in [0.25, 0.3) is 22.2 Å². The Hall–Kier alpha value is -3.49. The standard InChI is InChI=1S/C18H19FN6O2/c1-9(2)25-15-11(8-22-18(21-3)24-15)6-12(16(25)26)10-4-5-13(19)14(7-10)23-17(20)27/h4-9H,1-3H3,(H3,20,23,27)(H,21,22,24). The van der Waals surface area contributed by atoms with E-state index in [1.54, 1.807) is 23.9 Å². The van der Waals surface area contributed by atoms with E-state index in [2.05, 4.69) is 20.6 Å². The summed E-state index contributed by atoms with van der Waals surface area (Å²) < 4.78 is 15.5. The maximum absolute atomic E-state index is 13.9. The number of nitrogens with two attached hydrogens (primary N) is 1. The maximum Gasteiger partial charge on any atom is 0.316 e. The summed E-state index contributed by atoms with van der Waals surface area (Å²) in [6.45, 7) is 3.74. The lowest BCUT2D eigenvalue weighted by molar-refractivity contribution is 0.259. The van der Waals surface area contributed by atoms with Gasteiger partial charge < -0.3 is 16.4 Å². The molecule has 8 nitrogen and oxygen atoms in total. The van der Waals surface area contributed by atoms with E-state index in [1.165, 1.54) is 18.2 Å². The molecule has 2 amide bonds. The lowest BCUT2D eigenvalue weighted by Gasteiger charge is -2.16. The van der Waals surface area contributed by atoms with E-state index < -0.39 is 11.8 Å². The number of amides is 2. The molecule has 140 valence electrons. The van der Waals surface area contributed by atoms with E-state index in [0.717, 1.165) is 0 Å². The molecule has 1 aromatic carbocycles. The number of carbonyl (C=O) groups excluding carboxylic acids is 1. The molecule has 0 fully saturated rings. The summed E-state index contributed by atoms with van der Waals surface area (Å²) in [5, 5.41) is 5.72. The summed E-state index contributed by atoms with van der Waals surface area (Å²) in [6.07, 6.45) is 1.61. The number of halogens is 1. The van der Waals surface area contributed by atoms with E-state index >= 15 is 0 Å². The number of fused-ring (bicyclic) bond motifs is 1. The zero-order chi connectivity index (χ0) is 19.7. The number of nitrogens with one attached hydrogen (secondary N) is 2. The van der Waals surface area contributed by atoms with Gasteiger partial charge in [-0.3, -0.25) is 9.36 Å². The number of pyridine rings is 1. The Morgan fingerprint density at radius 2 is 2.04 bits per heavy atom. The van der Waals surface area contributed by atoms with Crippen LogP contribution in [0.1, 0.15) is 19.9 Å². The minimum Gasteiger partial charge on any atom is -0.357 e. The first-order valence-electron chi connectivity index (χ1n) is 8.28. The first-order valence-corrected chi connectivity index (χ1v) is 8.28. The fraction of sp³-hybridized carbons (Fsp3) is 0.222. The van der Waals surface area contributed by atoms with Gasteiger partial charge in [-0.2, -0.15) is 4.98 Å². The van der Waals surface area contributed by atoms with Crippen molar-refractivity contribution in [3.05, 3.63) is 46.6 Å². The van der Waals surface area contributed by atoms with Gasteiger partial charge in [-0.05, 0) is 37.6 Å². The van der Waals surface area contributed by atoms with Crippen molar-refractivity contribution >= 4 is 28.7 Å². The second-order valence-electron chi connectivity index (χ2n) is 6.23. The number of aromatic nitrogens is 3. The molecule has 0 atom stereocenters. The van der Waals surface area contributed by atoms with Gasteiger partial charge in [0, 0.05) is 30.2 Å². The van der Waals surface area contributed by atoms with Gasteiger partial charge >= 0.3 is 6.03 Å². The quantitative estimate of drug-likeness (QED) is 0.653. The molecule has 0 unspecified atom stereocenters. The summed E-state index contributed by atoms with van der Waals surface area (Å²) in [7, 11) is 1.69. The van der Waals surface area contributed by atoms with Gasteiger partial charge in [-0.15, -0.1) is 0 Å². The number of benzene rings is 1. The molecule has 0 aliphatic heterocycles. The van der Waals surface area contributed by atoms with Crippen LogP contribution >= 0.6 is 0 Å². The number of rotatable bonds is 4. The second kappa shape index (κ2) is 7.02. The molecule has 0 aliphatic rings. The van der Waals surface area contributed by atoms with Crippen molar-refractivity contribution in [2.24, 2.45) is 5.73 Å². The van der Waals surface area contributed by atoms with Gasteiger partial charge in [0.2, 0.25) is 5.95 Å². The number of anilines is 2. The molecule has 0 radical (unpaired) electrons. The summed E-state index contributed by atoms with van der Waals surface area (Å²) in [5.41, 5.74) is 5.97. The number of urea groups is 1. The number of hydrogen-bond donors (Lipinski definition) is 3. The fourth-order valence-electron chi connectivity index (χ4n) is 2.85. The van der Waals surface area contributed by atoms with Crippen LogP contribution in [0.2, 0.25) is 0 Å². The monoisotopic (exact) mass is 370 g/mol. The predicted octanol–water partition coefficient (Wildman–Crippen LogP) is 2.71. The Balaban J connectivity index is 2.28. The lowest BCUT2D eigenvalue weighted by Crippen LogP contribution is -2.25. The third kappa shape index (κ3) is 3.43. The first-order chi connectivity index (χ1) is 12.8. The molecule has 3 aromatic rings. The molecule has 2 aromatic heterocycles. The fourth-order valence-corrected chi connectivity index (χ4v) is 2.85. The number of primary amides is 1. The second-order valence-corrected chi connectivity index (χ2v) is 6.23. The van der Waals surface area contributed by atoms with Gasteiger partial charge in [-0.25, -0.2) is 14.2 Å². The SMILES string of the molecule is CNc1ncc2cc(-c3ccc(F)c(NC(N)=O)c3)c(=O)n(C(C)C)c2n1. The number of hydrogen-bond acceptors (Lipinski definition) is 5. The minimum atomic E-state index is -0.892. The van der Waals surface area contributed by atoms with Crippen LogP contribution in [0.3, 0.4) is 0 Å². The number of carbonyl (C=O) groups is 1. The Labute approximate surface area is 154 Å². The van der Waals surface area contributed by atoms with E-state index in [9.17, 15) is 14.0 Å². The van der Waals surface area contributed by atoms with Crippen molar-refractivity contribution in [1.29, 1.82) is 0 Å². The molecule has 4 N–H and O–H groups in total. The van der Waals surface area contributed by atoms with Crippen LogP contribution in [0.5, 0.6) is 0 Å². The zero-order valence-corrected chi connectivity index (χ0v) is 15.1. The molecule has 0 bridgehead atoms. The minimum absolute atomic E-state index is 0.0997. The molecule has 0 aliphatic carbocycles. The Kier molecular flexibility index (Phi) is 4.76. The van der Waals surface area contributed by atoms with Crippen LogP contribution in [0.4, 0.5) is 20.8 Å². The van der Waals surface area contributed by atoms with Gasteiger partial charge in [0.1, 0.15) is 11.5 Å². The van der Waals surface area contributed by atoms with E-state index in [1.807, 2.05) is 13.8 Å². The van der Waals surface area contributed by atoms with E-state index in [-0.39, 0.29) is 17.3 Å². The van der Waals surface area contributed by atoms with Crippen LogP contribution < -0.4 is 21.9 Å². The average molecular weight is 370 g/mol. The van der Waals surface area contributed by atoms with Crippen LogP contribution in [-0.4, -0.2) is 27.6 Å². The summed E-state index contributed by atoms with van der Waals surface area (Å²) >= 11 is 0. The van der Waals surface area contributed by atoms with Crippen molar-refractivity contribution in [3.63, 3.8) is 0 Å². The highest BCUT2D eigenvalue weighted by Crippen LogP contribution is 2.26. The summed E-state index contributed by atoms with van der Waals surface area (Å²) in [6, 6.07) is 4.61. The molecule has 3 rings (SSSR count). The average Bonchev–Trinajstić information content (AvgIpc) is 2.62. The number of nitrogens with zero attached hydrogens (tertiary/aromatic N) is 3. The van der Waals surface area contributed by atoms with Crippen molar-refractivity contribution in [2.75, 3.05) is 17.7 Å². The molecular formula is C18H19FN6O2. The van der Waals surface area contributed by atoms with Crippen molar-refractivity contribution in [2.45, 2.75) is 19.9 Å². The van der Waals surface area contributed by atoms with Gasteiger partial charge in [0.25, 0.3) is 5.56 Å². The summed E-state index contributed by atoms with van der Waals surface area (Å²) in [4.78, 5) is 32.8. The van der Waals surface area contributed by atoms with E-state index in [0.29, 0.717) is 28.1 Å². The highest BCUT2D eigenvalue weighted by atomic mass is 19.1. The van der Waals surface area contributed by atoms with E-state index in [4.69, 9.17) is 5.73 Å². The third-order valence-electron chi connectivity index (χ3n) is 4.05. The molecular weight excluding hydrogens is 351 g/mol. The molecule has 0 spiro atoms. The summed E-state index contributed by atoms with van der Waals surface area (Å²) in [5.74, 6) is -0.247. The van der Waals surface area contributed by atoms with Crippen LogP contribution in [0.15, 0.2) is 35.3 Å². The molecule has 0 saturated heterocycles. The Morgan fingerprint density at radius 1 is 1.30 bits per heavy atom. The molecule has 9 heteroatoms. The normalized spacial score (nSPS) is 11.0. The first kappa shape index (κ1) is 18.3. The van der Waals surface area contributed by atoms with Gasteiger partial charge in [-0.1, -0.05) is 6.07 Å². The lowest BCUT2D eigenvalue weighted by atomic mass is 10.0. The highest BCUT2D eigenvalue weighted by Gasteiger charge is 2.16. The Bertz CT molecular complexity index is 1090. The van der Waals surface area contributed by atoms with Crippen molar-refractivity contribution in [3.8, 4) is 11.1 Å². The van der Waals surface area contributed by atoms with Crippen LogP contribution in [-0.2, 0) is 0 Å². The van der Waals surface area contributed by atoms with Crippen LogP contribution in [0, 0.1) is 5.82 Å². The largest absolute Gasteiger partial charge is 0.357 e. The molecule has 27 heavy (non-hydrogen) atoms. The topological polar surface area (TPSA) is 115 Å². The van der Waals surface area contributed by atoms with Gasteiger partial charge in [0.15, 0.2) is 0 Å². The molecule has 0 saturated carbocycles. The van der Waals surface area contributed by atoms with Crippen molar-refractivity contribution in [1.82, 2.24) is 14.5 Å². The maximum atomic E-state index is 13.9. The van der Waals surface area contributed by atoms with Crippen molar-refractivity contribution < 1.29 is 9.18 Å². The zero-order valence-electron chi connectivity index (χ0n) is 15.1. The highest BCUT2D eigenvalue weighted by molar-refractivity contribution is 5.89. The van der Waals surface area contributed by atoms with Gasteiger partial charge in [0.05, 0.1) is 5.69 Å². The smallest absolute Gasteiger partial charge is 0.316 e.